The van der Waals surface area contributed by atoms with Crippen LogP contribution in [0.15, 0.2) is 4.90 Å². The first-order valence-corrected chi connectivity index (χ1v) is 6.16. The van der Waals surface area contributed by atoms with Gasteiger partial charge < -0.3 is 5.32 Å². The summed E-state index contributed by atoms with van der Waals surface area (Å²) in [6.07, 6.45) is 0. The normalized spacial score (nSPS) is 11.8. The number of nitrogens with one attached hydrogen (secondary N) is 2. The number of carbonyl (C=O) groups excluding carboxylic acids is 1. The summed E-state index contributed by atoms with van der Waals surface area (Å²) in [6, 6.07) is 0. The van der Waals surface area contributed by atoms with E-state index in [0.717, 1.165) is 0 Å². The summed E-state index contributed by atoms with van der Waals surface area (Å²) in [5.41, 5.74) is 0.134. The van der Waals surface area contributed by atoms with Crippen LogP contribution in [0.25, 0.3) is 0 Å². The van der Waals surface area contributed by atoms with Crippen molar-refractivity contribution in [3.05, 3.63) is 11.4 Å². The summed E-state index contributed by atoms with van der Waals surface area (Å²) < 4.78 is 22.8. The topological polar surface area (TPSA) is 118 Å². The predicted molar refractivity (Wildman–Crippen MR) is 57.4 cm³/mol. The molecule has 16 heavy (non-hydrogen) atoms. The first-order valence-electron chi connectivity index (χ1n) is 4.62. The van der Waals surface area contributed by atoms with Crippen LogP contribution in [0, 0.1) is 0 Å². The van der Waals surface area contributed by atoms with Crippen LogP contribution in [0.5, 0.6) is 0 Å². The summed E-state index contributed by atoms with van der Waals surface area (Å²) >= 11 is 0. The summed E-state index contributed by atoms with van der Waals surface area (Å²) in [5, 5.41) is 13.6. The number of rotatable bonds is 3. The lowest BCUT2D eigenvalue weighted by Gasteiger charge is -2.05. The van der Waals surface area contributed by atoms with Gasteiger partial charge in [0.2, 0.25) is 10.0 Å². The zero-order valence-electron chi connectivity index (χ0n) is 9.23. The average Bonchev–Trinajstić information content (AvgIpc) is 2.59. The molecule has 0 radical (unpaired) electrons. The third-order valence-corrected chi connectivity index (χ3v) is 3.03. The summed E-state index contributed by atoms with van der Waals surface area (Å²) in [4.78, 5) is 11.2. The number of amides is 1. The highest BCUT2D eigenvalue weighted by atomic mass is 32.2. The molecule has 0 aliphatic rings. The average molecular weight is 246 g/mol. The number of hydrogen-bond donors (Lipinski definition) is 3. The van der Waals surface area contributed by atoms with Crippen molar-refractivity contribution in [3.8, 4) is 0 Å². The van der Waals surface area contributed by atoms with Crippen molar-refractivity contribution in [1.29, 1.82) is 0 Å². The Morgan fingerprint density at radius 3 is 2.44 bits per heavy atom. The molecule has 0 aromatic carbocycles. The van der Waals surface area contributed by atoms with Gasteiger partial charge in [-0.05, 0) is 5.92 Å². The van der Waals surface area contributed by atoms with Gasteiger partial charge in [0.1, 0.15) is 4.90 Å². The second-order valence-electron chi connectivity index (χ2n) is 3.59. The largest absolute Gasteiger partial charge is 0.354 e. The van der Waals surface area contributed by atoms with Gasteiger partial charge in [-0.3, -0.25) is 9.89 Å². The van der Waals surface area contributed by atoms with E-state index in [1.54, 1.807) is 13.8 Å². The summed E-state index contributed by atoms with van der Waals surface area (Å²) in [6.45, 7) is 3.55. The summed E-state index contributed by atoms with van der Waals surface area (Å²) in [7, 11) is -2.59. The molecule has 0 saturated carbocycles. The standard InChI is InChI=1S/C8H14N4O3S/c1-4(2)5-7(16(9,14)15)6(12-11-5)8(13)10-3/h4H,1-3H3,(H,10,13)(H,11,12)(H2,9,14,15). The van der Waals surface area contributed by atoms with Crippen LogP contribution >= 0.6 is 0 Å². The minimum Gasteiger partial charge on any atom is -0.354 e. The van der Waals surface area contributed by atoms with E-state index in [-0.39, 0.29) is 16.5 Å². The van der Waals surface area contributed by atoms with Gasteiger partial charge >= 0.3 is 0 Å². The minimum atomic E-state index is -3.98. The van der Waals surface area contributed by atoms with Crippen molar-refractivity contribution in [2.45, 2.75) is 24.7 Å². The minimum absolute atomic E-state index is 0.126. The van der Waals surface area contributed by atoms with Crippen molar-refractivity contribution < 1.29 is 13.2 Å². The van der Waals surface area contributed by atoms with Crippen molar-refractivity contribution in [2.75, 3.05) is 7.05 Å². The molecule has 0 spiro atoms. The van der Waals surface area contributed by atoms with Crippen LogP contribution < -0.4 is 10.5 Å². The second kappa shape index (κ2) is 4.22. The maximum absolute atomic E-state index is 11.4. The first kappa shape index (κ1) is 12.7. The molecule has 0 atom stereocenters. The van der Waals surface area contributed by atoms with E-state index in [4.69, 9.17) is 5.14 Å². The highest BCUT2D eigenvalue weighted by Gasteiger charge is 2.27. The van der Waals surface area contributed by atoms with E-state index in [9.17, 15) is 13.2 Å². The second-order valence-corrected chi connectivity index (χ2v) is 5.09. The van der Waals surface area contributed by atoms with Crippen molar-refractivity contribution in [3.63, 3.8) is 0 Å². The molecule has 0 bridgehead atoms. The van der Waals surface area contributed by atoms with Crippen molar-refractivity contribution in [2.24, 2.45) is 5.14 Å². The maximum Gasteiger partial charge on any atom is 0.272 e. The first-order chi connectivity index (χ1) is 7.29. The molecule has 7 nitrogen and oxygen atoms in total. The SMILES string of the molecule is CNC(=O)c1n[nH]c(C(C)C)c1S(N)(=O)=O. The van der Waals surface area contributed by atoms with Crippen molar-refractivity contribution in [1.82, 2.24) is 15.5 Å². The molecule has 0 saturated heterocycles. The van der Waals surface area contributed by atoms with E-state index < -0.39 is 15.9 Å². The number of nitrogens with zero attached hydrogens (tertiary/aromatic N) is 1. The number of aromatic nitrogens is 2. The highest BCUT2D eigenvalue weighted by Crippen LogP contribution is 2.23. The number of aromatic amines is 1. The molecule has 90 valence electrons. The molecule has 4 N–H and O–H groups in total. The molecule has 0 unspecified atom stereocenters. The number of primary sulfonamides is 1. The Labute approximate surface area is 93.5 Å². The predicted octanol–water partition coefficient (Wildman–Crippen LogP) is -0.460. The molecule has 1 heterocycles. The van der Waals surface area contributed by atoms with E-state index in [0.29, 0.717) is 5.69 Å². The number of hydrogen-bond acceptors (Lipinski definition) is 4. The Morgan fingerprint density at radius 1 is 1.50 bits per heavy atom. The van der Waals surface area contributed by atoms with Gasteiger partial charge in [0, 0.05) is 7.05 Å². The van der Waals surface area contributed by atoms with Crippen LogP contribution in [0.3, 0.4) is 0 Å². The van der Waals surface area contributed by atoms with Crippen LogP contribution in [-0.4, -0.2) is 31.6 Å². The molecule has 0 aliphatic heterocycles. The number of carbonyl (C=O) groups is 1. The number of nitrogens with two attached hydrogens (primary N) is 1. The quantitative estimate of drug-likeness (QED) is 0.668. The summed E-state index contributed by atoms with van der Waals surface area (Å²) in [5.74, 6) is -0.716. The zero-order chi connectivity index (χ0) is 12.5. The highest BCUT2D eigenvalue weighted by molar-refractivity contribution is 7.89. The van der Waals surface area contributed by atoms with Gasteiger partial charge in [-0.2, -0.15) is 5.10 Å². The van der Waals surface area contributed by atoms with Gasteiger partial charge in [-0.15, -0.1) is 0 Å². The van der Waals surface area contributed by atoms with Crippen LogP contribution in [0.2, 0.25) is 0 Å². The molecule has 8 heteroatoms. The van der Waals surface area contributed by atoms with Crippen LogP contribution in [0.4, 0.5) is 0 Å². The van der Waals surface area contributed by atoms with E-state index in [1.807, 2.05) is 0 Å². The molecule has 1 rings (SSSR count). The Morgan fingerprint density at radius 2 is 2.06 bits per heavy atom. The van der Waals surface area contributed by atoms with Crippen LogP contribution in [-0.2, 0) is 10.0 Å². The van der Waals surface area contributed by atoms with E-state index in [1.165, 1.54) is 7.05 Å². The van der Waals surface area contributed by atoms with E-state index in [2.05, 4.69) is 15.5 Å². The Balaban J connectivity index is 3.49. The number of H-pyrrole nitrogens is 1. The lowest BCUT2D eigenvalue weighted by molar-refractivity contribution is 0.0955. The molecule has 1 amide bonds. The number of sulfonamides is 1. The fourth-order valence-corrected chi connectivity index (χ4v) is 2.29. The van der Waals surface area contributed by atoms with Gasteiger partial charge in [-0.1, -0.05) is 13.8 Å². The monoisotopic (exact) mass is 246 g/mol. The molecule has 0 fully saturated rings. The Bertz CT molecular complexity index is 503. The maximum atomic E-state index is 11.4. The molecule has 0 aliphatic carbocycles. The smallest absolute Gasteiger partial charge is 0.272 e. The van der Waals surface area contributed by atoms with E-state index >= 15 is 0 Å². The molecular formula is C8H14N4O3S. The van der Waals surface area contributed by atoms with Gasteiger partial charge in [0.15, 0.2) is 5.69 Å². The molecule has 1 aromatic rings. The third kappa shape index (κ3) is 2.22. The van der Waals surface area contributed by atoms with Crippen LogP contribution in [0.1, 0.15) is 35.9 Å². The zero-order valence-corrected chi connectivity index (χ0v) is 10.1. The van der Waals surface area contributed by atoms with Gasteiger partial charge in [-0.25, -0.2) is 13.6 Å². The lowest BCUT2D eigenvalue weighted by Crippen LogP contribution is -2.23. The van der Waals surface area contributed by atoms with Crippen molar-refractivity contribution >= 4 is 15.9 Å². The van der Waals surface area contributed by atoms with Gasteiger partial charge in [0.05, 0.1) is 5.69 Å². The lowest BCUT2D eigenvalue weighted by atomic mass is 10.1. The molecular weight excluding hydrogens is 232 g/mol. The molecule has 1 aromatic heterocycles. The Hall–Kier alpha value is -1.41. The third-order valence-electron chi connectivity index (χ3n) is 2.05. The van der Waals surface area contributed by atoms with Gasteiger partial charge in [0.25, 0.3) is 5.91 Å². The fraction of sp³-hybridized carbons (Fsp3) is 0.500. The fourth-order valence-electron chi connectivity index (χ4n) is 1.30. The Kier molecular flexibility index (Phi) is 3.34.